The molecule has 2 aromatic rings. The summed E-state index contributed by atoms with van der Waals surface area (Å²) in [6.45, 7) is 0.0551. The van der Waals surface area contributed by atoms with E-state index in [1.54, 1.807) is 7.05 Å². The minimum absolute atomic E-state index is 0.0551. The number of aryl methyl sites for hydroxylation is 1. The maximum atomic E-state index is 13.5. The van der Waals surface area contributed by atoms with Crippen molar-refractivity contribution in [2.45, 2.75) is 18.6 Å². The van der Waals surface area contributed by atoms with Crippen LogP contribution in [0.5, 0.6) is 0 Å². The normalized spacial score (nSPS) is 20.1. The second kappa shape index (κ2) is 6.29. The number of aromatic nitrogens is 1. The maximum Gasteiger partial charge on any atom is 0.271 e. The number of aliphatic hydroxyl groups excluding tert-OH is 1. The number of carbonyl (C=O) groups is 2. The van der Waals surface area contributed by atoms with Crippen molar-refractivity contribution < 1.29 is 23.5 Å². The minimum Gasteiger partial charge on any atom is -0.391 e. The summed E-state index contributed by atoms with van der Waals surface area (Å²) in [4.78, 5) is 25.5. The second-order valence-corrected chi connectivity index (χ2v) is 6.13. The van der Waals surface area contributed by atoms with Gasteiger partial charge in [-0.05, 0) is 30.2 Å². The molecule has 0 aliphatic carbocycles. The number of halogens is 2. The van der Waals surface area contributed by atoms with E-state index in [1.807, 2.05) is 0 Å². The molecule has 2 amide bonds. The Morgan fingerprint density at radius 1 is 1.24 bits per heavy atom. The maximum absolute atomic E-state index is 13.5. The second-order valence-electron chi connectivity index (χ2n) is 6.13. The van der Waals surface area contributed by atoms with E-state index in [9.17, 15) is 23.5 Å². The third-order valence-corrected chi connectivity index (χ3v) is 4.38. The topological polar surface area (TPSA) is 88.6 Å². The van der Waals surface area contributed by atoms with Crippen LogP contribution in [0.3, 0.4) is 0 Å². The van der Waals surface area contributed by atoms with Crippen LogP contribution in [0.2, 0.25) is 0 Å². The number of β-amino-alcohol motifs (C(OH)–C–C–N with tert-alkyl or cyclic N) is 1. The average molecular weight is 349 g/mol. The van der Waals surface area contributed by atoms with Crippen LogP contribution < -0.4 is 5.73 Å². The number of carbonyl (C=O) groups excluding carboxylic acids is 2. The Balaban J connectivity index is 1.95. The van der Waals surface area contributed by atoms with Gasteiger partial charge in [0.25, 0.3) is 5.91 Å². The predicted molar refractivity (Wildman–Crippen MR) is 84.7 cm³/mol. The lowest BCUT2D eigenvalue weighted by Gasteiger charge is -2.25. The highest BCUT2D eigenvalue weighted by Gasteiger charge is 2.37. The van der Waals surface area contributed by atoms with Crippen LogP contribution in [0.25, 0.3) is 0 Å². The molecule has 3 N–H and O–H groups in total. The molecule has 3 rings (SSSR count). The first kappa shape index (κ1) is 17.1. The summed E-state index contributed by atoms with van der Waals surface area (Å²) < 4.78 is 28.2. The van der Waals surface area contributed by atoms with Crippen molar-refractivity contribution in [3.63, 3.8) is 0 Å². The van der Waals surface area contributed by atoms with E-state index in [0.717, 1.165) is 12.1 Å². The number of likely N-dealkylation sites (tertiary alicyclic amines) is 1. The van der Waals surface area contributed by atoms with E-state index < -0.39 is 35.6 Å². The SMILES string of the molecule is Cn1cc(C(N)=O)cc1C(=O)N1C[C@@H](O)C[C@H]1c1ccc(F)c(F)c1. The fourth-order valence-corrected chi connectivity index (χ4v) is 3.13. The molecule has 1 aliphatic rings. The summed E-state index contributed by atoms with van der Waals surface area (Å²) in [6.07, 6.45) is 0.872. The van der Waals surface area contributed by atoms with Crippen molar-refractivity contribution in [3.05, 3.63) is 58.9 Å². The van der Waals surface area contributed by atoms with Gasteiger partial charge in [-0.3, -0.25) is 9.59 Å². The fraction of sp³-hybridized carbons (Fsp3) is 0.294. The third kappa shape index (κ3) is 3.12. The van der Waals surface area contributed by atoms with E-state index in [1.165, 1.54) is 27.8 Å². The highest BCUT2D eigenvalue weighted by Crippen LogP contribution is 2.34. The number of nitrogens with zero attached hydrogens (tertiary/aromatic N) is 2. The van der Waals surface area contributed by atoms with E-state index in [2.05, 4.69) is 0 Å². The Labute approximate surface area is 142 Å². The van der Waals surface area contributed by atoms with Gasteiger partial charge in [0.05, 0.1) is 17.7 Å². The third-order valence-electron chi connectivity index (χ3n) is 4.38. The molecule has 6 nitrogen and oxygen atoms in total. The van der Waals surface area contributed by atoms with Crippen LogP contribution >= 0.6 is 0 Å². The standard InChI is InChI=1S/C17H17F2N3O3/c1-21-7-10(16(20)24)5-15(21)17(25)22-8-11(23)6-14(22)9-2-3-12(18)13(19)4-9/h2-5,7,11,14,23H,6,8H2,1H3,(H2,20,24)/t11-,14-/m0/s1. The zero-order valence-electron chi connectivity index (χ0n) is 13.4. The van der Waals surface area contributed by atoms with Crippen molar-refractivity contribution in [2.75, 3.05) is 6.54 Å². The van der Waals surface area contributed by atoms with Crippen LogP contribution in [0.15, 0.2) is 30.5 Å². The molecular weight excluding hydrogens is 332 g/mol. The molecule has 0 spiro atoms. The molecule has 1 aromatic carbocycles. The number of nitrogens with two attached hydrogens (primary N) is 1. The molecule has 25 heavy (non-hydrogen) atoms. The molecule has 2 heterocycles. The van der Waals surface area contributed by atoms with E-state index in [-0.39, 0.29) is 24.2 Å². The van der Waals surface area contributed by atoms with Gasteiger partial charge in [0.2, 0.25) is 5.91 Å². The van der Waals surface area contributed by atoms with Gasteiger partial charge in [0, 0.05) is 19.8 Å². The Bertz CT molecular complexity index is 850. The summed E-state index contributed by atoms with van der Waals surface area (Å²) in [7, 11) is 1.60. The Kier molecular flexibility index (Phi) is 4.30. The zero-order chi connectivity index (χ0) is 18.3. The summed E-state index contributed by atoms with van der Waals surface area (Å²) in [5.41, 5.74) is 6.03. The fourth-order valence-electron chi connectivity index (χ4n) is 3.13. The van der Waals surface area contributed by atoms with E-state index in [0.29, 0.717) is 5.56 Å². The monoisotopic (exact) mass is 349 g/mol. The van der Waals surface area contributed by atoms with Crippen molar-refractivity contribution >= 4 is 11.8 Å². The van der Waals surface area contributed by atoms with Crippen LogP contribution in [-0.2, 0) is 7.05 Å². The molecule has 0 radical (unpaired) electrons. The van der Waals surface area contributed by atoms with Gasteiger partial charge in [-0.1, -0.05) is 6.07 Å². The predicted octanol–water partition coefficient (Wildman–Crippen LogP) is 1.35. The highest BCUT2D eigenvalue weighted by atomic mass is 19.2. The molecular formula is C17H17F2N3O3. The Morgan fingerprint density at radius 2 is 1.96 bits per heavy atom. The zero-order valence-corrected chi connectivity index (χ0v) is 13.4. The number of primary amides is 1. The molecule has 0 bridgehead atoms. The summed E-state index contributed by atoms with van der Waals surface area (Å²) in [5, 5.41) is 9.97. The number of amides is 2. The smallest absolute Gasteiger partial charge is 0.271 e. The van der Waals surface area contributed by atoms with Gasteiger partial charge in [-0.15, -0.1) is 0 Å². The van der Waals surface area contributed by atoms with Crippen molar-refractivity contribution in [3.8, 4) is 0 Å². The quantitative estimate of drug-likeness (QED) is 0.877. The number of hydrogen-bond acceptors (Lipinski definition) is 3. The summed E-state index contributed by atoms with van der Waals surface area (Å²) >= 11 is 0. The average Bonchev–Trinajstić information content (AvgIpc) is 3.13. The van der Waals surface area contributed by atoms with Gasteiger partial charge in [-0.25, -0.2) is 8.78 Å². The molecule has 0 saturated carbocycles. The van der Waals surface area contributed by atoms with Crippen molar-refractivity contribution in [2.24, 2.45) is 12.8 Å². The van der Waals surface area contributed by atoms with Crippen LogP contribution in [0, 0.1) is 11.6 Å². The van der Waals surface area contributed by atoms with Crippen LogP contribution in [0.1, 0.15) is 38.9 Å². The molecule has 0 unspecified atom stereocenters. The van der Waals surface area contributed by atoms with Crippen molar-refractivity contribution in [1.82, 2.24) is 9.47 Å². The lowest BCUT2D eigenvalue weighted by atomic mass is 10.0. The van der Waals surface area contributed by atoms with E-state index in [4.69, 9.17) is 5.73 Å². The number of hydrogen-bond donors (Lipinski definition) is 2. The molecule has 1 aliphatic heterocycles. The molecule has 1 saturated heterocycles. The molecule has 1 fully saturated rings. The Hall–Kier alpha value is -2.74. The van der Waals surface area contributed by atoms with E-state index >= 15 is 0 Å². The molecule has 1 aromatic heterocycles. The van der Waals surface area contributed by atoms with Gasteiger partial charge < -0.3 is 20.3 Å². The first-order chi connectivity index (χ1) is 11.8. The minimum atomic E-state index is -1.01. The first-order valence-electron chi connectivity index (χ1n) is 7.68. The molecule has 132 valence electrons. The molecule has 2 atom stereocenters. The number of benzene rings is 1. The highest BCUT2D eigenvalue weighted by molar-refractivity contribution is 5.99. The Morgan fingerprint density at radius 3 is 2.56 bits per heavy atom. The number of rotatable bonds is 3. The van der Waals surface area contributed by atoms with Gasteiger partial charge in [0.15, 0.2) is 11.6 Å². The summed E-state index contributed by atoms with van der Waals surface area (Å²) in [6, 6.07) is 4.19. The lowest BCUT2D eigenvalue weighted by molar-refractivity contribution is 0.0706. The summed E-state index contributed by atoms with van der Waals surface area (Å²) in [5.74, 6) is -3.08. The lowest BCUT2D eigenvalue weighted by Crippen LogP contribution is -2.33. The van der Waals surface area contributed by atoms with Crippen LogP contribution in [0.4, 0.5) is 8.78 Å². The van der Waals surface area contributed by atoms with Gasteiger partial charge >= 0.3 is 0 Å². The van der Waals surface area contributed by atoms with Gasteiger partial charge in [-0.2, -0.15) is 0 Å². The first-order valence-corrected chi connectivity index (χ1v) is 7.68. The number of aliphatic hydroxyl groups is 1. The van der Waals surface area contributed by atoms with Gasteiger partial charge in [0.1, 0.15) is 5.69 Å². The largest absolute Gasteiger partial charge is 0.391 e. The van der Waals surface area contributed by atoms with Crippen molar-refractivity contribution in [1.29, 1.82) is 0 Å². The molecule has 8 heteroatoms. The van der Waals surface area contributed by atoms with Crippen LogP contribution in [-0.4, -0.2) is 39.0 Å².